The van der Waals surface area contributed by atoms with Crippen molar-refractivity contribution in [1.29, 1.82) is 0 Å². The Balaban J connectivity index is 1.63. The third kappa shape index (κ3) is 2.74. The van der Waals surface area contributed by atoms with Gasteiger partial charge in [0.25, 0.3) is 0 Å². The molecule has 3 aromatic heterocycles. The van der Waals surface area contributed by atoms with E-state index in [0.29, 0.717) is 6.61 Å². The average Bonchev–Trinajstić information content (AvgIpc) is 2.99. The van der Waals surface area contributed by atoms with Crippen molar-refractivity contribution in [1.82, 2.24) is 19.7 Å². The number of aromatic nitrogens is 3. The van der Waals surface area contributed by atoms with E-state index in [4.69, 9.17) is 4.74 Å². The summed E-state index contributed by atoms with van der Waals surface area (Å²) in [4.78, 5) is 9.75. The topological polar surface area (TPSA) is 51.5 Å². The van der Waals surface area contributed by atoms with Crippen LogP contribution in [0.15, 0.2) is 36.1 Å². The predicted octanol–water partition coefficient (Wildman–Crippen LogP) is 2.09. The van der Waals surface area contributed by atoms with Gasteiger partial charge in [-0.15, -0.1) is 11.3 Å². The van der Waals surface area contributed by atoms with Crippen LogP contribution in [0.1, 0.15) is 11.4 Å². The first-order chi connectivity index (χ1) is 9.35. The highest BCUT2D eigenvalue weighted by atomic mass is 32.1. The standard InChI is InChI=1S/C13H14N4OS/c1-14-6-10-2-3-12(7-15-10)18-9-11-8-17-4-5-19-13(17)16-11/h2-5,7-8,14H,6,9H2,1H3. The number of fused-ring (bicyclic) bond motifs is 1. The van der Waals surface area contributed by atoms with Gasteiger partial charge >= 0.3 is 0 Å². The molecule has 6 heteroatoms. The normalized spacial score (nSPS) is 11.0. The number of rotatable bonds is 5. The summed E-state index contributed by atoms with van der Waals surface area (Å²) in [5.74, 6) is 0.760. The molecule has 0 spiro atoms. The van der Waals surface area contributed by atoms with E-state index in [9.17, 15) is 0 Å². The van der Waals surface area contributed by atoms with Gasteiger partial charge in [0.15, 0.2) is 4.96 Å². The minimum atomic E-state index is 0.460. The number of hydrogen-bond donors (Lipinski definition) is 1. The van der Waals surface area contributed by atoms with Gasteiger partial charge in [-0.25, -0.2) is 4.98 Å². The number of nitrogens with zero attached hydrogens (tertiary/aromatic N) is 3. The Morgan fingerprint density at radius 2 is 2.32 bits per heavy atom. The van der Waals surface area contributed by atoms with Crippen LogP contribution in [0.2, 0.25) is 0 Å². The fourth-order valence-corrected chi connectivity index (χ4v) is 2.50. The Labute approximate surface area is 114 Å². The molecule has 0 saturated heterocycles. The molecule has 0 aliphatic rings. The molecule has 3 aromatic rings. The van der Waals surface area contributed by atoms with Gasteiger partial charge in [0.1, 0.15) is 12.4 Å². The molecule has 0 fully saturated rings. The molecule has 19 heavy (non-hydrogen) atoms. The molecular formula is C13H14N4OS. The molecule has 98 valence electrons. The fourth-order valence-electron chi connectivity index (χ4n) is 1.78. The fraction of sp³-hybridized carbons (Fsp3) is 0.231. The monoisotopic (exact) mass is 274 g/mol. The van der Waals surface area contributed by atoms with Crippen molar-refractivity contribution >= 4 is 16.3 Å². The van der Waals surface area contributed by atoms with Gasteiger partial charge in [-0.3, -0.25) is 9.38 Å². The summed E-state index contributed by atoms with van der Waals surface area (Å²) in [6.07, 6.45) is 5.71. The van der Waals surface area contributed by atoms with Crippen LogP contribution < -0.4 is 10.1 Å². The molecule has 0 aliphatic carbocycles. The van der Waals surface area contributed by atoms with Crippen LogP contribution in [-0.2, 0) is 13.2 Å². The van der Waals surface area contributed by atoms with Crippen LogP contribution in [0.4, 0.5) is 0 Å². The smallest absolute Gasteiger partial charge is 0.193 e. The van der Waals surface area contributed by atoms with Gasteiger partial charge in [-0.2, -0.15) is 0 Å². The van der Waals surface area contributed by atoms with Gasteiger partial charge in [0.2, 0.25) is 0 Å². The SMILES string of the molecule is CNCc1ccc(OCc2cn3ccsc3n2)cn1. The number of ether oxygens (including phenoxy) is 1. The highest BCUT2D eigenvalue weighted by Gasteiger charge is 2.03. The molecular weight excluding hydrogens is 260 g/mol. The van der Waals surface area contributed by atoms with Crippen LogP contribution in [0.5, 0.6) is 5.75 Å². The Kier molecular flexibility index (Phi) is 3.43. The Morgan fingerprint density at radius 3 is 3.05 bits per heavy atom. The number of nitrogens with one attached hydrogen (secondary N) is 1. The molecule has 3 rings (SSSR count). The van der Waals surface area contributed by atoms with Gasteiger partial charge in [0, 0.05) is 24.3 Å². The zero-order valence-electron chi connectivity index (χ0n) is 10.5. The zero-order valence-corrected chi connectivity index (χ0v) is 11.4. The number of thiazole rings is 1. The molecule has 1 N–H and O–H groups in total. The summed E-state index contributed by atoms with van der Waals surface area (Å²) in [6, 6.07) is 3.88. The third-order valence-corrected chi connectivity index (χ3v) is 3.46. The maximum atomic E-state index is 5.67. The summed E-state index contributed by atoms with van der Waals surface area (Å²) in [5, 5.41) is 5.07. The molecule has 0 aromatic carbocycles. The highest BCUT2D eigenvalue weighted by molar-refractivity contribution is 7.15. The van der Waals surface area contributed by atoms with Crippen LogP contribution in [-0.4, -0.2) is 21.4 Å². The second kappa shape index (κ2) is 5.38. The lowest BCUT2D eigenvalue weighted by atomic mass is 10.3. The molecule has 0 unspecified atom stereocenters. The second-order valence-electron chi connectivity index (χ2n) is 4.13. The number of imidazole rings is 1. The average molecular weight is 274 g/mol. The lowest BCUT2D eigenvalue weighted by Crippen LogP contribution is -2.06. The van der Waals surface area contributed by atoms with Gasteiger partial charge in [-0.05, 0) is 19.2 Å². The Bertz CT molecular complexity index is 630. The summed E-state index contributed by atoms with van der Waals surface area (Å²) in [6.45, 7) is 1.22. The molecule has 5 nitrogen and oxygen atoms in total. The lowest BCUT2D eigenvalue weighted by Gasteiger charge is -2.04. The zero-order chi connectivity index (χ0) is 13.1. The molecule has 0 bridgehead atoms. The van der Waals surface area contributed by atoms with E-state index in [1.165, 1.54) is 0 Å². The Morgan fingerprint density at radius 1 is 1.37 bits per heavy atom. The predicted molar refractivity (Wildman–Crippen MR) is 74.4 cm³/mol. The van der Waals surface area contributed by atoms with E-state index in [0.717, 1.165) is 28.6 Å². The molecule has 0 aliphatic heterocycles. The first kappa shape index (κ1) is 12.1. The van der Waals surface area contributed by atoms with E-state index in [2.05, 4.69) is 15.3 Å². The van der Waals surface area contributed by atoms with E-state index in [1.807, 2.05) is 41.4 Å². The van der Waals surface area contributed by atoms with Crippen molar-refractivity contribution in [3.05, 3.63) is 47.5 Å². The van der Waals surface area contributed by atoms with E-state index >= 15 is 0 Å². The van der Waals surface area contributed by atoms with Crippen molar-refractivity contribution in [2.75, 3.05) is 7.05 Å². The largest absolute Gasteiger partial charge is 0.486 e. The third-order valence-electron chi connectivity index (χ3n) is 2.69. The quantitative estimate of drug-likeness (QED) is 0.774. The highest BCUT2D eigenvalue weighted by Crippen LogP contribution is 2.14. The summed E-state index contributed by atoms with van der Waals surface area (Å²) < 4.78 is 7.67. The lowest BCUT2D eigenvalue weighted by molar-refractivity contribution is 0.300. The minimum Gasteiger partial charge on any atom is -0.486 e. The molecule has 0 atom stereocenters. The van der Waals surface area contributed by atoms with Crippen molar-refractivity contribution in [3.63, 3.8) is 0 Å². The van der Waals surface area contributed by atoms with Gasteiger partial charge in [0.05, 0.1) is 17.6 Å². The summed E-state index contributed by atoms with van der Waals surface area (Å²) in [7, 11) is 1.90. The molecule has 0 saturated carbocycles. The molecule has 0 amide bonds. The van der Waals surface area contributed by atoms with Gasteiger partial charge in [-0.1, -0.05) is 0 Å². The number of pyridine rings is 1. The van der Waals surface area contributed by atoms with Crippen LogP contribution in [0, 0.1) is 0 Å². The van der Waals surface area contributed by atoms with Crippen molar-refractivity contribution < 1.29 is 4.74 Å². The summed E-state index contributed by atoms with van der Waals surface area (Å²) >= 11 is 1.61. The van der Waals surface area contributed by atoms with Crippen molar-refractivity contribution in [2.24, 2.45) is 0 Å². The molecule has 3 heterocycles. The molecule has 0 radical (unpaired) electrons. The first-order valence-corrected chi connectivity index (χ1v) is 6.86. The van der Waals surface area contributed by atoms with Crippen molar-refractivity contribution in [3.8, 4) is 5.75 Å². The van der Waals surface area contributed by atoms with Gasteiger partial charge < -0.3 is 10.1 Å². The number of hydrogen-bond acceptors (Lipinski definition) is 5. The first-order valence-electron chi connectivity index (χ1n) is 5.98. The maximum absolute atomic E-state index is 5.67. The van der Waals surface area contributed by atoms with Crippen LogP contribution in [0.25, 0.3) is 4.96 Å². The maximum Gasteiger partial charge on any atom is 0.193 e. The van der Waals surface area contributed by atoms with E-state index in [1.54, 1.807) is 17.5 Å². The minimum absolute atomic E-state index is 0.460. The second-order valence-corrected chi connectivity index (χ2v) is 5.00. The summed E-state index contributed by atoms with van der Waals surface area (Å²) in [5.41, 5.74) is 1.92. The van der Waals surface area contributed by atoms with Crippen molar-refractivity contribution in [2.45, 2.75) is 13.2 Å². The van der Waals surface area contributed by atoms with Crippen LogP contribution >= 0.6 is 11.3 Å². The van der Waals surface area contributed by atoms with E-state index < -0.39 is 0 Å². The van der Waals surface area contributed by atoms with E-state index in [-0.39, 0.29) is 0 Å². The Hall–Kier alpha value is -1.92. The van der Waals surface area contributed by atoms with Crippen LogP contribution in [0.3, 0.4) is 0 Å².